The number of ether oxygens (including phenoxy) is 1. The van der Waals surface area contributed by atoms with Crippen LogP contribution in [0.15, 0.2) is 42.6 Å². The molecule has 3 N–H and O–H groups in total. The van der Waals surface area contributed by atoms with Gasteiger partial charge in [0.25, 0.3) is 11.8 Å². The number of fused-ring (bicyclic) bond motifs is 1. The zero-order valence-electron chi connectivity index (χ0n) is 20.1. The second-order valence-electron chi connectivity index (χ2n) is 9.76. The molecule has 38 heavy (non-hydrogen) atoms. The molecule has 1 unspecified atom stereocenters. The van der Waals surface area contributed by atoms with Crippen molar-refractivity contribution in [1.29, 1.82) is 0 Å². The van der Waals surface area contributed by atoms with E-state index in [0.717, 1.165) is 18.4 Å². The predicted molar refractivity (Wildman–Crippen MR) is 136 cm³/mol. The van der Waals surface area contributed by atoms with Crippen molar-refractivity contribution in [3.63, 3.8) is 0 Å². The Morgan fingerprint density at radius 1 is 1.21 bits per heavy atom. The molecule has 2 aliphatic heterocycles. The summed E-state index contributed by atoms with van der Waals surface area (Å²) in [5.41, 5.74) is -0.447. The number of nitrogens with one attached hydrogen (secondary N) is 2. The number of hydrogen-bond donors (Lipinski definition) is 3. The third-order valence-electron chi connectivity index (χ3n) is 6.93. The lowest BCUT2D eigenvalue weighted by Gasteiger charge is -2.21. The molecule has 4 heterocycles. The molecular formula is C26H24ClF2N5O4. The summed E-state index contributed by atoms with van der Waals surface area (Å²) in [6.45, 7) is 1.57. The first kappa shape index (κ1) is 24.6. The summed E-state index contributed by atoms with van der Waals surface area (Å²) >= 11 is 4.79. The zero-order chi connectivity index (χ0) is 26.6. The topological polar surface area (TPSA) is 111 Å². The highest BCUT2D eigenvalue weighted by atomic mass is 35.5. The predicted octanol–water partition coefficient (Wildman–Crippen LogP) is 4.19. The average molecular weight is 544 g/mol. The van der Waals surface area contributed by atoms with Gasteiger partial charge < -0.3 is 29.9 Å². The highest BCUT2D eigenvalue weighted by Crippen LogP contribution is 2.38. The van der Waals surface area contributed by atoms with Gasteiger partial charge in [0.2, 0.25) is 0 Å². The first-order valence-corrected chi connectivity index (χ1v) is 12.7. The number of aromatic amines is 1. The van der Waals surface area contributed by atoms with Crippen molar-refractivity contribution >= 4 is 34.9 Å². The fraction of sp³-hybridized carbons (Fsp3) is 0.346. The van der Waals surface area contributed by atoms with E-state index in [1.54, 1.807) is 6.07 Å². The Kier molecular flexibility index (Phi) is 5.99. The molecule has 2 aromatic heterocycles. The smallest absolute Gasteiger partial charge is 0.420 e. The van der Waals surface area contributed by atoms with Gasteiger partial charge in [-0.05, 0) is 55.7 Å². The summed E-state index contributed by atoms with van der Waals surface area (Å²) < 4.78 is 30.0. The minimum atomic E-state index is -3.83. The third-order valence-corrected chi connectivity index (χ3v) is 7.01. The average Bonchev–Trinajstić information content (AvgIpc) is 3.35. The van der Waals surface area contributed by atoms with Gasteiger partial charge in [-0.3, -0.25) is 9.59 Å². The van der Waals surface area contributed by atoms with Crippen LogP contribution in [0.1, 0.15) is 45.7 Å². The second-order valence-corrected chi connectivity index (χ2v) is 10.2. The Bertz CT molecular complexity index is 1400. The van der Waals surface area contributed by atoms with E-state index in [4.69, 9.17) is 11.6 Å². The number of H-pyrrole nitrogens is 1. The van der Waals surface area contributed by atoms with Crippen LogP contribution in [0.25, 0.3) is 11.3 Å². The molecule has 2 amide bonds. The first-order chi connectivity index (χ1) is 18.1. The summed E-state index contributed by atoms with van der Waals surface area (Å²) in [5.74, 6) is -0.0296. The van der Waals surface area contributed by atoms with Gasteiger partial charge in [-0.15, -0.1) is 8.78 Å². The van der Waals surface area contributed by atoms with Crippen molar-refractivity contribution in [2.75, 3.05) is 23.3 Å². The van der Waals surface area contributed by atoms with Crippen LogP contribution >= 0.6 is 11.6 Å². The fourth-order valence-electron chi connectivity index (χ4n) is 4.95. The van der Waals surface area contributed by atoms with Crippen LogP contribution < -0.4 is 15.0 Å². The number of aliphatic hydroxyl groups excluding tert-OH is 1. The molecule has 2 fully saturated rings. The molecule has 1 atom stereocenters. The summed E-state index contributed by atoms with van der Waals surface area (Å²) in [6.07, 6.45) is 3.64. The van der Waals surface area contributed by atoms with Gasteiger partial charge in [0.1, 0.15) is 17.3 Å². The number of hydrogen-bond acceptors (Lipinski definition) is 6. The van der Waals surface area contributed by atoms with E-state index >= 15 is 0 Å². The number of rotatable bonds is 7. The molecule has 1 aliphatic carbocycles. The van der Waals surface area contributed by atoms with Crippen molar-refractivity contribution < 1.29 is 28.2 Å². The molecule has 3 aliphatic rings. The molecule has 198 valence electrons. The number of aromatic nitrogens is 2. The lowest BCUT2D eigenvalue weighted by Crippen LogP contribution is -2.26. The van der Waals surface area contributed by atoms with E-state index in [1.165, 1.54) is 30.5 Å². The maximum atomic E-state index is 13.1. The highest BCUT2D eigenvalue weighted by Gasteiger charge is 2.40. The van der Waals surface area contributed by atoms with Gasteiger partial charge in [0.15, 0.2) is 0 Å². The van der Waals surface area contributed by atoms with Crippen LogP contribution in [0.4, 0.5) is 20.3 Å². The fourth-order valence-corrected chi connectivity index (χ4v) is 5.04. The van der Waals surface area contributed by atoms with E-state index < -0.39 is 17.6 Å². The molecular weight excluding hydrogens is 520 g/mol. The van der Waals surface area contributed by atoms with E-state index in [2.05, 4.69) is 20.0 Å². The summed E-state index contributed by atoms with van der Waals surface area (Å²) in [6, 6.07) is 9.29. The van der Waals surface area contributed by atoms with Crippen LogP contribution in [0.5, 0.6) is 5.75 Å². The van der Waals surface area contributed by atoms with Gasteiger partial charge in [-0.25, -0.2) is 4.98 Å². The Labute approximate surface area is 221 Å². The molecule has 9 nitrogen and oxygen atoms in total. The Morgan fingerprint density at radius 2 is 1.97 bits per heavy atom. The van der Waals surface area contributed by atoms with E-state index in [9.17, 15) is 23.5 Å². The number of amides is 2. The maximum Gasteiger partial charge on any atom is 0.487 e. The van der Waals surface area contributed by atoms with Crippen LogP contribution in [-0.2, 0) is 6.54 Å². The standard InChI is InChI=1S/C26H24ClF2N5O4/c27-26(28,29)38-19-5-1-16(2-6-19)31-24(36)14-9-20(23(30-11-14)33-8-7-18(35)13-33)21-10-15-12-34(17-3-4-17)25(37)22(15)32-21/h1-2,5-6,9-11,17-18,32,35H,3-4,7-8,12-13H2,(H,31,36). The van der Waals surface area contributed by atoms with Crippen molar-refractivity contribution in [3.05, 3.63) is 59.4 Å². The Morgan fingerprint density at radius 3 is 2.61 bits per heavy atom. The van der Waals surface area contributed by atoms with Gasteiger partial charge in [0.05, 0.1) is 17.4 Å². The number of carbonyl (C=O) groups excluding carboxylic acids is 2. The van der Waals surface area contributed by atoms with Crippen molar-refractivity contribution in [2.24, 2.45) is 0 Å². The summed E-state index contributed by atoms with van der Waals surface area (Å²) in [5, 5.41) is 12.8. The van der Waals surface area contributed by atoms with E-state index in [1.807, 2.05) is 15.9 Å². The molecule has 1 saturated carbocycles. The largest absolute Gasteiger partial charge is 0.487 e. The Hall–Kier alpha value is -3.70. The third kappa shape index (κ3) is 4.91. The number of carbonyl (C=O) groups is 2. The SMILES string of the molecule is O=C(Nc1ccc(OC(F)(F)Cl)cc1)c1cnc(N2CCC(O)C2)c(-c2cc3c([nH]2)C(=O)N(C2CC2)C3)c1. The van der Waals surface area contributed by atoms with Gasteiger partial charge >= 0.3 is 5.57 Å². The minimum Gasteiger partial charge on any atom is -0.420 e. The number of β-amino-alcohol motifs (C(OH)–C–C–N with tert-alkyl or cyclic N) is 1. The molecule has 12 heteroatoms. The normalized spacial score (nSPS) is 19.2. The number of nitrogens with zero attached hydrogens (tertiary/aromatic N) is 3. The lowest BCUT2D eigenvalue weighted by molar-refractivity contribution is -0.0964. The van der Waals surface area contributed by atoms with Gasteiger partial charge in [0, 0.05) is 60.3 Å². The van der Waals surface area contributed by atoms with E-state index in [0.29, 0.717) is 60.6 Å². The number of benzene rings is 1. The molecule has 6 rings (SSSR count). The summed E-state index contributed by atoms with van der Waals surface area (Å²) in [7, 11) is 0. The van der Waals surface area contributed by atoms with Crippen molar-refractivity contribution in [1.82, 2.24) is 14.9 Å². The Balaban J connectivity index is 1.27. The van der Waals surface area contributed by atoms with Crippen molar-refractivity contribution in [3.8, 4) is 17.0 Å². The number of pyridine rings is 1. The minimum absolute atomic E-state index is 0.0203. The monoisotopic (exact) mass is 543 g/mol. The quantitative estimate of drug-likeness (QED) is 0.386. The zero-order valence-corrected chi connectivity index (χ0v) is 20.8. The van der Waals surface area contributed by atoms with Gasteiger partial charge in [-0.2, -0.15) is 0 Å². The van der Waals surface area contributed by atoms with Gasteiger partial charge in [-0.1, -0.05) is 0 Å². The molecule has 1 saturated heterocycles. The number of aliphatic hydroxyl groups is 1. The maximum absolute atomic E-state index is 13.1. The van der Waals surface area contributed by atoms with Crippen molar-refractivity contribution in [2.45, 2.75) is 43.5 Å². The van der Waals surface area contributed by atoms with Crippen LogP contribution in [0.2, 0.25) is 0 Å². The summed E-state index contributed by atoms with van der Waals surface area (Å²) in [4.78, 5) is 37.6. The molecule has 0 radical (unpaired) electrons. The number of alkyl halides is 3. The number of anilines is 2. The highest BCUT2D eigenvalue weighted by molar-refractivity contribution is 6.20. The lowest BCUT2D eigenvalue weighted by atomic mass is 10.1. The molecule has 0 bridgehead atoms. The van der Waals surface area contributed by atoms with Crippen LogP contribution in [0, 0.1) is 0 Å². The second kappa shape index (κ2) is 9.25. The van der Waals surface area contributed by atoms with Crippen LogP contribution in [-0.4, -0.2) is 62.6 Å². The first-order valence-electron chi connectivity index (χ1n) is 12.3. The molecule has 1 aromatic carbocycles. The molecule has 3 aromatic rings. The van der Waals surface area contributed by atoms with E-state index in [-0.39, 0.29) is 17.2 Å². The molecule has 0 spiro atoms. The number of halogens is 3. The van der Waals surface area contributed by atoms with Crippen LogP contribution in [0.3, 0.4) is 0 Å².